The zero-order valence-electron chi connectivity index (χ0n) is 12.9. The van der Waals surface area contributed by atoms with E-state index in [9.17, 15) is 8.42 Å². The van der Waals surface area contributed by atoms with Gasteiger partial charge < -0.3 is 4.74 Å². The van der Waals surface area contributed by atoms with Crippen LogP contribution < -0.4 is 9.46 Å². The highest BCUT2D eigenvalue weighted by Gasteiger charge is 2.24. The number of ether oxygens (including phenoxy) is 1. The van der Waals surface area contributed by atoms with Gasteiger partial charge >= 0.3 is 0 Å². The third-order valence-corrected chi connectivity index (χ3v) is 4.63. The summed E-state index contributed by atoms with van der Waals surface area (Å²) < 4.78 is 31.1. The number of hydrogen-bond donors (Lipinski definition) is 2. The van der Waals surface area contributed by atoms with Crippen molar-refractivity contribution in [3.8, 4) is 17.1 Å². The van der Waals surface area contributed by atoms with E-state index in [-0.39, 0.29) is 12.1 Å². The van der Waals surface area contributed by atoms with Gasteiger partial charge in [-0.25, -0.2) is 13.1 Å². The van der Waals surface area contributed by atoms with Crippen LogP contribution in [-0.2, 0) is 10.0 Å². The normalized spacial score (nSPS) is 22.0. The van der Waals surface area contributed by atoms with Crippen molar-refractivity contribution in [2.45, 2.75) is 37.8 Å². The Morgan fingerprint density at radius 1 is 1.22 bits per heavy atom. The molecule has 0 atom stereocenters. The molecular weight excluding hydrogens is 316 g/mol. The van der Waals surface area contributed by atoms with Crippen molar-refractivity contribution >= 4 is 10.0 Å². The molecule has 1 aliphatic rings. The molecule has 23 heavy (non-hydrogen) atoms. The van der Waals surface area contributed by atoms with E-state index in [2.05, 4.69) is 19.9 Å². The van der Waals surface area contributed by atoms with Crippen LogP contribution in [0.25, 0.3) is 11.4 Å². The Kier molecular flexibility index (Phi) is 4.63. The van der Waals surface area contributed by atoms with Crippen LogP contribution in [-0.4, -0.2) is 42.0 Å². The van der Waals surface area contributed by atoms with Crippen molar-refractivity contribution in [1.82, 2.24) is 19.9 Å². The van der Waals surface area contributed by atoms with Gasteiger partial charge in [-0.15, -0.1) is 0 Å². The first-order valence-electron chi connectivity index (χ1n) is 7.59. The molecule has 0 unspecified atom stereocenters. The van der Waals surface area contributed by atoms with Gasteiger partial charge in [0.1, 0.15) is 5.75 Å². The largest absolute Gasteiger partial charge is 0.489 e. The molecule has 0 amide bonds. The summed E-state index contributed by atoms with van der Waals surface area (Å²) in [5.41, 5.74) is 1.68. The summed E-state index contributed by atoms with van der Waals surface area (Å²) in [6.07, 6.45) is 7.93. The molecule has 0 saturated heterocycles. The Labute approximate surface area is 135 Å². The van der Waals surface area contributed by atoms with Crippen LogP contribution in [0.15, 0.2) is 30.6 Å². The lowest BCUT2D eigenvalue weighted by atomic mass is 9.94. The van der Waals surface area contributed by atoms with Crippen LogP contribution in [0.1, 0.15) is 25.7 Å². The molecule has 2 aromatic heterocycles. The molecule has 0 aromatic carbocycles. The molecule has 1 aliphatic carbocycles. The van der Waals surface area contributed by atoms with Crippen LogP contribution in [0.3, 0.4) is 0 Å². The Hall–Kier alpha value is -1.93. The van der Waals surface area contributed by atoms with E-state index in [4.69, 9.17) is 4.74 Å². The minimum absolute atomic E-state index is 0.0192. The van der Waals surface area contributed by atoms with Gasteiger partial charge in [0.05, 0.1) is 29.9 Å². The van der Waals surface area contributed by atoms with Gasteiger partial charge in [-0.2, -0.15) is 5.10 Å². The van der Waals surface area contributed by atoms with Crippen LogP contribution >= 0.6 is 0 Å². The van der Waals surface area contributed by atoms with Gasteiger partial charge in [-0.05, 0) is 43.9 Å². The summed E-state index contributed by atoms with van der Waals surface area (Å²) in [5, 5.41) is 6.77. The second kappa shape index (κ2) is 6.67. The minimum atomic E-state index is -3.14. The molecule has 2 heterocycles. The molecule has 0 aliphatic heterocycles. The van der Waals surface area contributed by atoms with Gasteiger partial charge in [0.25, 0.3) is 0 Å². The molecule has 0 radical (unpaired) electrons. The summed E-state index contributed by atoms with van der Waals surface area (Å²) in [4.78, 5) is 4.36. The molecule has 3 rings (SSSR count). The standard InChI is InChI=1S/C15H20N4O3S/c1-23(20,21)19-11-2-4-12(5-3-11)22-13-6-7-14(16-10-13)15-8-9-17-18-15/h6-12,19H,2-5H2,1H3,(H,17,18). The number of sulfonamides is 1. The van der Waals surface area contributed by atoms with E-state index < -0.39 is 10.0 Å². The van der Waals surface area contributed by atoms with Crippen molar-refractivity contribution in [3.63, 3.8) is 0 Å². The van der Waals surface area contributed by atoms with E-state index in [1.54, 1.807) is 12.4 Å². The average Bonchev–Trinajstić information content (AvgIpc) is 3.03. The first-order valence-corrected chi connectivity index (χ1v) is 9.48. The Balaban J connectivity index is 1.53. The number of hydrogen-bond acceptors (Lipinski definition) is 5. The minimum Gasteiger partial charge on any atom is -0.489 e. The molecule has 1 saturated carbocycles. The molecule has 124 valence electrons. The number of nitrogens with zero attached hydrogens (tertiary/aromatic N) is 2. The average molecular weight is 336 g/mol. The molecule has 0 spiro atoms. The van der Waals surface area contributed by atoms with Crippen LogP contribution in [0, 0.1) is 0 Å². The van der Waals surface area contributed by atoms with Gasteiger partial charge in [-0.3, -0.25) is 10.1 Å². The Morgan fingerprint density at radius 3 is 2.57 bits per heavy atom. The smallest absolute Gasteiger partial charge is 0.208 e. The highest BCUT2D eigenvalue weighted by atomic mass is 32.2. The van der Waals surface area contributed by atoms with Gasteiger partial charge in [0, 0.05) is 12.2 Å². The van der Waals surface area contributed by atoms with Crippen LogP contribution in [0.2, 0.25) is 0 Å². The topological polar surface area (TPSA) is 97.0 Å². The first kappa shape index (κ1) is 15.9. The maximum absolute atomic E-state index is 11.2. The van der Waals surface area contributed by atoms with Crippen molar-refractivity contribution in [3.05, 3.63) is 30.6 Å². The van der Waals surface area contributed by atoms with Crippen molar-refractivity contribution in [2.24, 2.45) is 0 Å². The van der Waals surface area contributed by atoms with Crippen LogP contribution in [0.4, 0.5) is 0 Å². The number of pyridine rings is 1. The number of nitrogens with one attached hydrogen (secondary N) is 2. The zero-order chi connectivity index (χ0) is 16.3. The third kappa shape index (κ3) is 4.52. The lowest BCUT2D eigenvalue weighted by Crippen LogP contribution is -2.39. The van der Waals surface area contributed by atoms with Gasteiger partial charge in [-0.1, -0.05) is 0 Å². The molecule has 8 heteroatoms. The predicted molar refractivity (Wildman–Crippen MR) is 86.5 cm³/mol. The highest BCUT2D eigenvalue weighted by molar-refractivity contribution is 7.88. The van der Waals surface area contributed by atoms with E-state index in [0.717, 1.165) is 42.8 Å². The fourth-order valence-electron chi connectivity index (χ4n) is 2.80. The number of aromatic amines is 1. The van der Waals surface area contributed by atoms with Gasteiger partial charge in [0.15, 0.2) is 0 Å². The number of rotatable bonds is 5. The quantitative estimate of drug-likeness (QED) is 0.866. The summed E-state index contributed by atoms with van der Waals surface area (Å²) >= 11 is 0. The second-order valence-electron chi connectivity index (χ2n) is 5.83. The summed E-state index contributed by atoms with van der Waals surface area (Å²) in [7, 11) is -3.14. The van der Waals surface area contributed by atoms with Crippen molar-refractivity contribution in [2.75, 3.05) is 6.26 Å². The van der Waals surface area contributed by atoms with Crippen LogP contribution in [0.5, 0.6) is 5.75 Å². The molecule has 2 aromatic rings. The first-order chi connectivity index (χ1) is 11.0. The fraction of sp³-hybridized carbons (Fsp3) is 0.467. The van der Waals surface area contributed by atoms with E-state index >= 15 is 0 Å². The zero-order valence-corrected chi connectivity index (χ0v) is 13.7. The molecule has 0 bridgehead atoms. The van der Waals surface area contributed by atoms with Gasteiger partial charge in [0.2, 0.25) is 10.0 Å². The summed E-state index contributed by atoms with van der Waals surface area (Å²) in [6, 6.07) is 5.66. The van der Waals surface area contributed by atoms with E-state index in [1.165, 1.54) is 6.26 Å². The molecule has 1 fully saturated rings. The van der Waals surface area contributed by atoms with Crippen molar-refractivity contribution < 1.29 is 13.2 Å². The molecule has 7 nitrogen and oxygen atoms in total. The second-order valence-corrected chi connectivity index (χ2v) is 7.61. The maximum atomic E-state index is 11.2. The summed E-state index contributed by atoms with van der Waals surface area (Å²) in [6.45, 7) is 0. The highest BCUT2D eigenvalue weighted by Crippen LogP contribution is 2.25. The summed E-state index contributed by atoms with van der Waals surface area (Å²) in [5.74, 6) is 0.729. The van der Waals surface area contributed by atoms with E-state index in [1.807, 2.05) is 18.2 Å². The molecule has 2 N–H and O–H groups in total. The Morgan fingerprint density at radius 2 is 2.00 bits per heavy atom. The monoisotopic (exact) mass is 336 g/mol. The number of aromatic nitrogens is 3. The molecular formula is C15H20N4O3S. The lowest BCUT2D eigenvalue weighted by Gasteiger charge is -2.28. The SMILES string of the molecule is CS(=O)(=O)NC1CCC(Oc2ccc(-c3ccn[nH]3)nc2)CC1. The maximum Gasteiger partial charge on any atom is 0.208 e. The predicted octanol–water partition coefficient (Wildman–Crippen LogP) is 1.71. The lowest BCUT2D eigenvalue weighted by molar-refractivity contribution is 0.144. The third-order valence-electron chi connectivity index (χ3n) is 3.87. The number of H-pyrrole nitrogens is 1. The fourth-order valence-corrected chi connectivity index (χ4v) is 3.64. The van der Waals surface area contributed by atoms with E-state index in [0.29, 0.717) is 0 Å². The Bertz CT molecular complexity index is 721. The van der Waals surface area contributed by atoms with Crippen molar-refractivity contribution in [1.29, 1.82) is 0 Å².